The lowest BCUT2D eigenvalue weighted by Gasteiger charge is -2.08. The Bertz CT molecular complexity index is 1010. The average Bonchev–Trinajstić information content (AvgIpc) is 2.83. The molecular formula is C28H31FN2O. The Kier molecular flexibility index (Phi) is 9.25. The van der Waals surface area contributed by atoms with Crippen molar-refractivity contribution in [3.63, 3.8) is 0 Å². The highest BCUT2D eigenvalue weighted by atomic mass is 19.1. The largest absolute Gasteiger partial charge is 0.489 e. The van der Waals surface area contributed by atoms with Gasteiger partial charge >= 0.3 is 0 Å². The van der Waals surface area contributed by atoms with Gasteiger partial charge in [0.2, 0.25) is 0 Å². The van der Waals surface area contributed by atoms with Gasteiger partial charge in [0.1, 0.15) is 24.2 Å². The molecular weight excluding hydrogens is 399 g/mol. The van der Waals surface area contributed by atoms with E-state index in [2.05, 4.69) is 24.0 Å². The molecule has 0 aliphatic carbocycles. The maximum atomic E-state index is 13.7. The average molecular weight is 431 g/mol. The van der Waals surface area contributed by atoms with Crippen LogP contribution in [0.5, 0.6) is 5.75 Å². The highest BCUT2D eigenvalue weighted by Crippen LogP contribution is 2.21. The summed E-state index contributed by atoms with van der Waals surface area (Å²) in [6.45, 7) is 2.58. The maximum Gasteiger partial charge on any atom is 0.144 e. The van der Waals surface area contributed by atoms with Crippen molar-refractivity contribution in [2.45, 2.75) is 64.9 Å². The van der Waals surface area contributed by atoms with Crippen molar-refractivity contribution in [2.24, 2.45) is 0 Å². The second-order valence-electron chi connectivity index (χ2n) is 8.16. The molecule has 0 fully saturated rings. The highest BCUT2D eigenvalue weighted by molar-refractivity contribution is 5.59. The van der Waals surface area contributed by atoms with Crippen molar-refractivity contribution in [1.82, 2.24) is 4.98 Å². The van der Waals surface area contributed by atoms with Gasteiger partial charge in [-0.15, -0.1) is 0 Å². The SMILES string of the molecule is CCCCCCCCCc1ccc(-c2ccc(COc3ccc(C#N)c(F)c3)cc2)nc1. The van der Waals surface area contributed by atoms with Crippen LogP contribution in [0.25, 0.3) is 11.3 Å². The van der Waals surface area contributed by atoms with Gasteiger partial charge in [0.25, 0.3) is 0 Å². The van der Waals surface area contributed by atoms with Crippen LogP contribution < -0.4 is 4.74 Å². The van der Waals surface area contributed by atoms with Crippen molar-refractivity contribution in [3.05, 3.63) is 83.3 Å². The molecule has 2 aromatic carbocycles. The molecule has 0 unspecified atom stereocenters. The topological polar surface area (TPSA) is 45.9 Å². The van der Waals surface area contributed by atoms with Gasteiger partial charge < -0.3 is 4.74 Å². The molecule has 3 nitrogen and oxygen atoms in total. The van der Waals surface area contributed by atoms with Crippen LogP contribution in [-0.2, 0) is 13.0 Å². The van der Waals surface area contributed by atoms with E-state index in [0.29, 0.717) is 12.4 Å². The molecule has 0 atom stereocenters. The Labute approximate surface area is 190 Å². The van der Waals surface area contributed by atoms with Gasteiger partial charge in [-0.3, -0.25) is 4.98 Å². The maximum absolute atomic E-state index is 13.7. The molecule has 0 N–H and O–H groups in total. The van der Waals surface area contributed by atoms with Crippen molar-refractivity contribution < 1.29 is 9.13 Å². The monoisotopic (exact) mass is 430 g/mol. The van der Waals surface area contributed by atoms with E-state index in [-0.39, 0.29) is 5.56 Å². The summed E-state index contributed by atoms with van der Waals surface area (Å²) in [6.07, 6.45) is 12.3. The van der Waals surface area contributed by atoms with Gasteiger partial charge in [-0.05, 0) is 42.2 Å². The lowest BCUT2D eigenvalue weighted by molar-refractivity contribution is 0.304. The van der Waals surface area contributed by atoms with Crippen LogP contribution in [0.1, 0.15) is 68.6 Å². The second kappa shape index (κ2) is 12.6. The second-order valence-corrected chi connectivity index (χ2v) is 8.16. The van der Waals surface area contributed by atoms with Gasteiger partial charge in [-0.2, -0.15) is 5.26 Å². The molecule has 0 spiro atoms. The number of aryl methyl sites for hydroxylation is 1. The number of aromatic nitrogens is 1. The van der Waals surface area contributed by atoms with Gasteiger partial charge in [0, 0.05) is 17.8 Å². The van der Waals surface area contributed by atoms with Crippen LogP contribution in [0.3, 0.4) is 0 Å². The number of nitriles is 1. The number of halogens is 1. The molecule has 4 heteroatoms. The Morgan fingerprint density at radius 3 is 2.25 bits per heavy atom. The van der Waals surface area contributed by atoms with Gasteiger partial charge in [-0.1, -0.05) is 75.8 Å². The fourth-order valence-electron chi connectivity index (χ4n) is 3.64. The standard InChI is InChI=1S/C28H31FN2O/c1-2-3-4-5-6-7-8-9-22-12-17-28(31-20-22)24-13-10-23(11-14-24)21-32-26-16-15-25(19-30)27(29)18-26/h10-18,20H,2-9,21H2,1H3. The van der Waals surface area contributed by atoms with Crippen LogP contribution in [0.2, 0.25) is 0 Å². The Hall–Kier alpha value is -3.19. The molecule has 3 aromatic rings. The number of hydrogen-bond donors (Lipinski definition) is 0. The van der Waals surface area contributed by atoms with E-state index in [4.69, 9.17) is 10.00 Å². The first-order valence-electron chi connectivity index (χ1n) is 11.6. The number of rotatable bonds is 12. The van der Waals surface area contributed by atoms with E-state index >= 15 is 0 Å². The first-order valence-corrected chi connectivity index (χ1v) is 11.6. The third-order valence-electron chi connectivity index (χ3n) is 5.61. The lowest BCUT2D eigenvalue weighted by atomic mass is 10.0. The molecule has 166 valence electrons. The molecule has 3 rings (SSSR count). The molecule has 32 heavy (non-hydrogen) atoms. The van der Waals surface area contributed by atoms with E-state index < -0.39 is 5.82 Å². The minimum Gasteiger partial charge on any atom is -0.489 e. The smallest absolute Gasteiger partial charge is 0.144 e. The van der Waals surface area contributed by atoms with Crippen LogP contribution in [0.15, 0.2) is 60.8 Å². The van der Waals surface area contributed by atoms with E-state index in [0.717, 1.165) is 23.2 Å². The number of nitrogens with zero attached hydrogens (tertiary/aromatic N) is 2. The summed E-state index contributed by atoms with van der Waals surface area (Å²) in [5.41, 5.74) is 4.30. The molecule has 0 saturated heterocycles. The molecule has 0 amide bonds. The van der Waals surface area contributed by atoms with E-state index in [1.165, 1.54) is 62.6 Å². The fraction of sp³-hybridized carbons (Fsp3) is 0.357. The summed E-state index contributed by atoms with van der Waals surface area (Å²) in [7, 11) is 0. The third kappa shape index (κ3) is 7.20. The van der Waals surface area contributed by atoms with Crippen molar-refractivity contribution in [1.29, 1.82) is 5.26 Å². The van der Waals surface area contributed by atoms with E-state index in [9.17, 15) is 4.39 Å². The summed E-state index contributed by atoms with van der Waals surface area (Å²) in [6, 6.07) is 18.4. The Morgan fingerprint density at radius 1 is 0.875 bits per heavy atom. The van der Waals surface area contributed by atoms with Gasteiger partial charge in [-0.25, -0.2) is 4.39 Å². The molecule has 0 saturated carbocycles. The van der Waals surface area contributed by atoms with Crippen LogP contribution in [-0.4, -0.2) is 4.98 Å². The van der Waals surface area contributed by atoms with Crippen LogP contribution in [0.4, 0.5) is 4.39 Å². The number of pyridine rings is 1. The predicted molar refractivity (Wildman–Crippen MR) is 127 cm³/mol. The molecule has 0 aliphatic heterocycles. The van der Waals surface area contributed by atoms with Crippen LogP contribution in [0, 0.1) is 17.1 Å². The van der Waals surface area contributed by atoms with Gasteiger partial charge in [0.05, 0.1) is 11.3 Å². The molecule has 0 radical (unpaired) electrons. The summed E-state index contributed by atoms with van der Waals surface area (Å²) in [5.74, 6) is -0.161. The van der Waals surface area contributed by atoms with E-state index in [1.807, 2.05) is 30.5 Å². The van der Waals surface area contributed by atoms with Crippen molar-refractivity contribution in [2.75, 3.05) is 0 Å². The van der Waals surface area contributed by atoms with E-state index in [1.54, 1.807) is 12.1 Å². The zero-order chi connectivity index (χ0) is 22.6. The van der Waals surface area contributed by atoms with Crippen molar-refractivity contribution >= 4 is 0 Å². The third-order valence-corrected chi connectivity index (χ3v) is 5.61. The normalized spacial score (nSPS) is 10.7. The molecule has 1 heterocycles. The molecule has 1 aromatic heterocycles. The minimum absolute atomic E-state index is 0.0163. The quantitative estimate of drug-likeness (QED) is 0.277. The summed E-state index contributed by atoms with van der Waals surface area (Å²) < 4.78 is 19.3. The summed E-state index contributed by atoms with van der Waals surface area (Å²) >= 11 is 0. The number of unbranched alkanes of at least 4 members (excludes halogenated alkanes) is 6. The lowest BCUT2D eigenvalue weighted by Crippen LogP contribution is -1.96. The minimum atomic E-state index is -0.568. The van der Waals surface area contributed by atoms with Gasteiger partial charge in [0.15, 0.2) is 0 Å². The number of ether oxygens (including phenoxy) is 1. The summed E-state index contributed by atoms with van der Waals surface area (Å²) in [5, 5.41) is 8.80. The molecule has 0 aliphatic rings. The zero-order valence-electron chi connectivity index (χ0n) is 18.8. The molecule has 0 bridgehead atoms. The number of hydrogen-bond acceptors (Lipinski definition) is 3. The highest BCUT2D eigenvalue weighted by Gasteiger charge is 2.05. The fourth-order valence-corrected chi connectivity index (χ4v) is 3.64. The first kappa shape index (κ1) is 23.5. The Morgan fingerprint density at radius 2 is 1.59 bits per heavy atom. The van der Waals surface area contributed by atoms with Crippen LogP contribution >= 0.6 is 0 Å². The number of benzene rings is 2. The summed E-state index contributed by atoms with van der Waals surface area (Å²) in [4.78, 5) is 4.64. The Balaban J connectivity index is 1.46. The first-order chi connectivity index (χ1) is 15.7. The zero-order valence-corrected chi connectivity index (χ0v) is 18.8. The predicted octanol–water partition coefficient (Wildman–Crippen LogP) is 7.63. The van der Waals surface area contributed by atoms with Crippen molar-refractivity contribution in [3.8, 4) is 23.1 Å².